The zero-order chi connectivity index (χ0) is 19.9. The third-order valence-electron chi connectivity index (χ3n) is 4.97. The minimum absolute atomic E-state index is 0.0234. The molecule has 2 aromatic rings. The summed E-state index contributed by atoms with van der Waals surface area (Å²) in [5.74, 6) is -0.970. The van der Waals surface area contributed by atoms with Crippen LogP contribution in [0, 0.1) is 0 Å². The van der Waals surface area contributed by atoms with E-state index in [2.05, 4.69) is 23.5 Å². The Morgan fingerprint density at radius 3 is 2.64 bits per heavy atom. The van der Waals surface area contributed by atoms with E-state index in [9.17, 15) is 14.4 Å². The van der Waals surface area contributed by atoms with Crippen LogP contribution in [0.2, 0.25) is 0 Å². The summed E-state index contributed by atoms with van der Waals surface area (Å²) in [6.07, 6.45) is 4.73. The van der Waals surface area contributed by atoms with E-state index in [4.69, 9.17) is 4.74 Å². The SMILES string of the molecule is C[C@H](NC(=O)COC(=O)CCC(=O)c1cccs1)c1ccc2c(c1)CCCC2. The summed E-state index contributed by atoms with van der Waals surface area (Å²) in [6, 6.07) is 9.74. The van der Waals surface area contributed by atoms with Crippen molar-refractivity contribution >= 4 is 29.0 Å². The maximum absolute atomic E-state index is 12.1. The number of thiophene rings is 1. The Bertz CT molecular complexity index is 844. The summed E-state index contributed by atoms with van der Waals surface area (Å²) in [5, 5.41) is 4.68. The molecule has 28 heavy (non-hydrogen) atoms. The molecular weight excluding hydrogens is 374 g/mol. The van der Waals surface area contributed by atoms with Crippen LogP contribution >= 0.6 is 11.3 Å². The van der Waals surface area contributed by atoms with Gasteiger partial charge in [-0.15, -0.1) is 11.3 Å². The van der Waals surface area contributed by atoms with Gasteiger partial charge in [-0.1, -0.05) is 24.3 Å². The molecule has 1 aliphatic carbocycles. The molecule has 0 radical (unpaired) electrons. The molecule has 1 aliphatic rings. The number of nitrogens with one attached hydrogen (secondary N) is 1. The highest BCUT2D eigenvalue weighted by Crippen LogP contribution is 2.24. The van der Waals surface area contributed by atoms with Crippen LogP contribution in [-0.2, 0) is 27.2 Å². The molecule has 1 atom stereocenters. The Labute approximate surface area is 169 Å². The molecule has 1 aromatic carbocycles. The first-order valence-electron chi connectivity index (χ1n) is 9.66. The summed E-state index contributed by atoms with van der Waals surface area (Å²) in [4.78, 5) is 36.4. The van der Waals surface area contributed by atoms with E-state index in [1.807, 2.05) is 12.3 Å². The number of amides is 1. The van der Waals surface area contributed by atoms with Crippen molar-refractivity contribution < 1.29 is 19.1 Å². The minimum Gasteiger partial charge on any atom is -0.456 e. The van der Waals surface area contributed by atoms with Crippen LogP contribution in [0.15, 0.2) is 35.7 Å². The lowest BCUT2D eigenvalue weighted by atomic mass is 9.89. The number of aryl methyl sites for hydroxylation is 2. The largest absolute Gasteiger partial charge is 0.456 e. The smallest absolute Gasteiger partial charge is 0.306 e. The van der Waals surface area contributed by atoms with Crippen LogP contribution in [0.25, 0.3) is 0 Å². The lowest BCUT2D eigenvalue weighted by Gasteiger charge is -2.20. The van der Waals surface area contributed by atoms with Crippen molar-refractivity contribution in [1.29, 1.82) is 0 Å². The van der Waals surface area contributed by atoms with E-state index in [0.29, 0.717) is 4.88 Å². The zero-order valence-corrected chi connectivity index (χ0v) is 16.8. The normalized spacial score (nSPS) is 14.0. The third-order valence-corrected chi connectivity index (χ3v) is 5.88. The molecule has 0 bridgehead atoms. The second-order valence-corrected chi connectivity index (χ2v) is 8.03. The van der Waals surface area contributed by atoms with Crippen molar-refractivity contribution in [3.63, 3.8) is 0 Å². The van der Waals surface area contributed by atoms with Gasteiger partial charge in [0.15, 0.2) is 12.4 Å². The Morgan fingerprint density at radius 1 is 1.11 bits per heavy atom. The Hall–Kier alpha value is -2.47. The quantitative estimate of drug-likeness (QED) is 0.538. The number of esters is 1. The monoisotopic (exact) mass is 399 g/mol. The first kappa shape index (κ1) is 20.3. The lowest BCUT2D eigenvalue weighted by molar-refractivity contribution is -0.148. The zero-order valence-electron chi connectivity index (χ0n) is 16.0. The van der Waals surface area contributed by atoms with E-state index in [1.54, 1.807) is 12.1 Å². The van der Waals surface area contributed by atoms with Crippen molar-refractivity contribution in [2.45, 2.75) is 51.5 Å². The number of ketones is 1. The fourth-order valence-corrected chi connectivity index (χ4v) is 4.08. The van der Waals surface area contributed by atoms with Gasteiger partial charge in [0.2, 0.25) is 0 Å². The molecule has 1 N–H and O–H groups in total. The molecule has 1 aromatic heterocycles. The van der Waals surface area contributed by atoms with Gasteiger partial charge in [-0.25, -0.2) is 0 Å². The molecule has 5 nitrogen and oxygen atoms in total. The molecule has 148 valence electrons. The van der Waals surface area contributed by atoms with E-state index in [1.165, 1.54) is 35.3 Å². The van der Waals surface area contributed by atoms with Gasteiger partial charge in [0.25, 0.3) is 5.91 Å². The molecule has 0 fully saturated rings. The second-order valence-electron chi connectivity index (χ2n) is 7.09. The van der Waals surface area contributed by atoms with Crippen LogP contribution in [-0.4, -0.2) is 24.3 Å². The van der Waals surface area contributed by atoms with Crippen molar-refractivity contribution in [2.24, 2.45) is 0 Å². The molecule has 1 amide bonds. The van der Waals surface area contributed by atoms with Gasteiger partial charge >= 0.3 is 5.97 Å². The maximum Gasteiger partial charge on any atom is 0.306 e. The van der Waals surface area contributed by atoms with Gasteiger partial charge in [-0.05, 0) is 60.7 Å². The summed E-state index contributed by atoms with van der Waals surface area (Å²) < 4.78 is 5.00. The molecule has 0 unspecified atom stereocenters. The predicted octanol–water partition coefficient (Wildman–Crippen LogP) is 4.01. The Kier molecular flexibility index (Phi) is 6.98. The molecule has 0 aliphatic heterocycles. The van der Waals surface area contributed by atoms with Crippen molar-refractivity contribution in [2.75, 3.05) is 6.61 Å². The number of carbonyl (C=O) groups is 3. The first-order valence-corrected chi connectivity index (χ1v) is 10.5. The van der Waals surface area contributed by atoms with Crippen LogP contribution < -0.4 is 5.32 Å². The fraction of sp³-hybridized carbons (Fsp3) is 0.409. The molecule has 0 saturated carbocycles. The van der Waals surface area contributed by atoms with Crippen molar-refractivity contribution in [1.82, 2.24) is 5.32 Å². The van der Waals surface area contributed by atoms with Crippen molar-refractivity contribution in [3.8, 4) is 0 Å². The number of benzene rings is 1. The molecule has 3 rings (SSSR count). The Balaban J connectivity index is 1.41. The molecule has 6 heteroatoms. The van der Waals surface area contributed by atoms with Gasteiger partial charge in [-0.2, -0.15) is 0 Å². The fourth-order valence-electron chi connectivity index (χ4n) is 3.38. The number of carbonyl (C=O) groups excluding carboxylic acids is 3. The van der Waals surface area contributed by atoms with Gasteiger partial charge in [-0.3, -0.25) is 14.4 Å². The number of rotatable bonds is 8. The average Bonchev–Trinajstić information content (AvgIpc) is 3.25. The molecule has 1 heterocycles. The number of fused-ring (bicyclic) bond motifs is 1. The van der Waals surface area contributed by atoms with Crippen LogP contribution in [0.4, 0.5) is 0 Å². The summed E-state index contributed by atoms with van der Waals surface area (Å²) in [6.45, 7) is 1.59. The third kappa shape index (κ3) is 5.52. The molecule has 0 saturated heterocycles. The second kappa shape index (κ2) is 9.64. The summed E-state index contributed by atoms with van der Waals surface area (Å²) in [7, 11) is 0. The lowest BCUT2D eigenvalue weighted by Crippen LogP contribution is -2.31. The van der Waals surface area contributed by atoms with E-state index >= 15 is 0 Å². The van der Waals surface area contributed by atoms with E-state index in [-0.39, 0.29) is 37.2 Å². The van der Waals surface area contributed by atoms with E-state index in [0.717, 1.165) is 18.4 Å². The minimum atomic E-state index is -0.540. The van der Waals surface area contributed by atoms with Gasteiger partial charge in [0, 0.05) is 6.42 Å². The van der Waals surface area contributed by atoms with Crippen molar-refractivity contribution in [3.05, 3.63) is 57.3 Å². The molecule has 0 spiro atoms. The topological polar surface area (TPSA) is 72.5 Å². The number of hydrogen-bond acceptors (Lipinski definition) is 5. The number of Topliss-reactive ketones (excluding diaryl/α,β-unsaturated/α-hetero) is 1. The number of hydrogen-bond donors (Lipinski definition) is 1. The van der Waals surface area contributed by atoms with Gasteiger partial charge in [0.1, 0.15) is 0 Å². The average molecular weight is 400 g/mol. The highest BCUT2D eigenvalue weighted by atomic mass is 32.1. The molecular formula is C22H25NO4S. The standard InChI is InChI=1S/C22H25NO4S/c1-15(17-9-8-16-5-2-3-6-18(16)13-17)23-21(25)14-27-22(26)11-10-19(24)20-7-4-12-28-20/h4,7-9,12-13,15H,2-3,5-6,10-11,14H2,1H3,(H,23,25)/t15-/m0/s1. The maximum atomic E-state index is 12.1. The summed E-state index contributed by atoms with van der Waals surface area (Å²) in [5.41, 5.74) is 3.83. The van der Waals surface area contributed by atoms with Crippen LogP contribution in [0.3, 0.4) is 0 Å². The Morgan fingerprint density at radius 2 is 1.89 bits per heavy atom. The number of ether oxygens (including phenoxy) is 1. The van der Waals surface area contributed by atoms with E-state index < -0.39 is 5.97 Å². The highest BCUT2D eigenvalue weighted by molar-refractivity contribution is 7.12. The van der Waals surface area contributed by atoms with Crippen LogP contribution in [0.1, 0.15) is 65.0 Å². The predicted molar refractivity (Wildman–Crippen MR) is 108 cm³/mol. The highest BCUT2D eigenvalue weighted by Gasteiger charge is 2.16. The first-order chi connectivity index (χ1) is 13.5. The summed E-state index contributed by atoms with van der Waals surface area (Å²) >= 11 is 1.35. The van der Waals surface area contributed by atoms with Gasteiger partial charge < -0.3 is 10.1 Å². The van der Waals surface area contributed by atoms with Gasteiger partial charge in [0.05, 0.1) is 17.3 Å². The van der Waals surface area contributed by atoms with Crippen LogP contribution in [0.5, 0.6) is 0 Å².